The van der Waals surface area contributed by atoms with Gasteiger partial charge in [0.2, 0.25) is 0 Å². The zero-order valence-corrected chi connectivity index (χ0v) is 4.45. The predicted molar refractivity (Wildman–Crippen MR) is 31.7 cm³/mol. The first-order chi connectivity index (χ1) is 3.83. The molecule has 0 unspecified atom stereocenters. The standard InChI is InChI=1S/C4H6O.BH2O2/c1-3-5-4-2;2-1-3/h3-4H,1-2H2;2-3H. The maximum atomic E-state index is 7.00. The maximum absolute atomic E-state index is 7.00. The van der Waals surface area contributed by atoms with Gasteiger partial charge in [0.05, 0.1) is 12.5 Å². The first-order valence-corrected chi connectivity index (χ1v) is 1.80. The number of hydrogen-bond donors (Lipinski definition) is 2. The largest absolute Gasteiger partial charge is 0.482 e. The molecule has 4 heteroatoms. The highest BCUT2D eigenvalue weighted by molar-refractivity contribution is 6.13. The molecule has 0 bridgehead atoms. The molecule has 0 aliphatic carbocycles. The summed E-state index contributed by atoms with van der Waals surface area (Å²) in [5, 5.41) is 14.0. The Morgan fingerprint density at radius 1 is 1.25 bits per heavy atom. The fraction of sp³-hybridized carbons (Fsp3) is 0. The molecule has 0 spiro atoms. The van der Waals surface area contributed by atoms with Crippen LogP contribution in [0.15, 0.2) is 25.7 Å². The molecule has 45 valence electrons. The Balaban J connectivity index is 0. The van der Waals surface area contributed by atoms with Crippen molar-refractivity contribution < 1.29 is 14.8 Å². The smallest absolute Gasteiger partial charge is 0.474 e. The normalized spacial score (nSPS) is 5.25. The van der Waals surface area contributed by atoms with Crippen LogP contribution in [-0.2, 0) is 4.74 Å². The van der Waals surface area contributed by atoms with Gasteiger partial charge in [-0.25, -0.2) is 0 Å². The zero-order valence-electron chi connectivity index (χ0n) is 4.45. The second-order valence-electron chi connectivity index (χ2n) is 0.585. The third kappa shape index (κ3) is 59.9. The van der Waals surface area contributed by atoms with Gasteiger partial charge in [-0.2, -0.15) is 0 Å². The fourth-order valence-electron chi connectivity index (χ4n) is 0.0680. The van der Waals surface area contributed by atoms with E-state index >= 15 is 0 Å². The van der Waals surface area contributed by atoms with Gasteiger partial charge in [-0.1, -0.05) is 13.2 Å². The Bertz CT molecular complexity index is 49.2. The van der Waals surface area contributed by atoms with Gasteiger partial charge < -0.3 is 14.8 Å². The highest BCUT2D eigenvalue weighted by Gasteiger charge is 1.51. The quantitative estimate of drug-likeness (QED) is 0.386. The molecule has 0 fully saturated rings. The average Bonchev–Trinajstić information content (AvgIpc) is 1.71. The van der Waals surface area contributed by atoms with E-state index in [0.29, 0.717) is 0 Å². The average molecular weight is 115 g/mol. The Morgan fingerprint density at radius 3 is 1.50 bits per heavy atom. The number of hydrogen-bond acceptors (Lipinski definition) is 3. The van der Waals surface area contributed by atoms with Gasteiger partial charge in [-0.3, -0.25) is 0 Å². The van der Waals surface area contributed by atoms with Crippen molar-refractivity contribution in [2.45, 2.75) is 0 Å². The summed E-state index contributed by atoms with van der Waals surface area (Å²) < 4.78 is 4.36. The summed E-state index contributed by atoms with van der Waals surface area (Å²) in [6.45, 7) is 6.51. The SMILES string of the molecule is C=COC=C.O[B]O. The molecule has 0 aromatic carbocycles. The van der Waals surface area contributed by atoms with Crippen LogP contribution in [0.1, 0.15) is 0 Å². The second-order valence-corrected chi connectivity index (χ2v) is 0.585. The van der Waals surface area contributed by atoms with Crippen molar-refractivity contribution in [2.24, 2.45) is 0 Å². The van der Waals surface area contributed by atoms with Gasteiger partial charge in [0, 0.05) is 0 Å². The van der Waals surface area contributed by atoms with Gasteiger partial charge in [-0.15, -0.1) is 0 Å². The molecule has 0 heterocycles. The van der Waals surface area contributed by atoms with Crippen LogP contribution in [0.4, 0.5) is 0 Å². The van der Waals surface area contributed by atoms with Crippen LogP contribution in [0.5, 0.6) is 0 Å². The van der Waals surface area contributed by atoms with Crippen LogP contribution in [0.2, 0.25) is 0 Å². The Morgan fingerprint density at radius 2 is 1.50 bits per heavy atom. The fourth-order valence-corrected chi connectivity index (χ4v) is 0.0680. The van der Waals surface area contributed by atoms with Crippen molar-refractivity contribution >= 4 is 7.69 Å². The van der Waals surface area contributed by atoms with E-state index in [1.807, 2.05) is 0 Å². The third-order valence-electron chi connectivity index (χ3n) is 0.192. The summed E-state index contributed by atoms with van der Waals surface area (Å²) in [5.74, 6) is 0. The highest BCUT2D eigenvalue weighted by Crippen LogP contribution is 1.65. The molecule has 0 atom stereocenters. The van der Waals surface area contributed by atoms with E-state index in [2.05, 4.69) is 17.9 Å². The van der Waals surface area contributed by atoms with Crippen LogP contribution in [0.25, 0.3) is 0 Å². The van der Waals surface area contributed by atoms with Crippen molar-refractivity contribution in [3.8, 4) is 0 Å². The lowest BCUT2D eigenvalue weighted by Gasteiger charge is -1.76. The number of ether oxygens (including phenoxy) is 1. The van der Waals surface area contributed by atoms with Gasteiger partial charge in [0.15, 0.2) is 0 Å². The van der Waals surface area contributed by atoms with E-state index in [4.69, 9.17) is 10.0 Å². The second kappa shape index (κ2) is 16.3. The summed E-state index contributed by atoms with van der Waals surface area (Å²) in [5.41, 5.74) is 0. The predicted octanol–water partition coefficient (Wildman–Crippen LogP) is -0.205. The molecule has 0 amide bonds. The minimum Gasteiger partial charge on any atom is -0.474 e. The Labute approximate surface area is 49.2 Å². The first-order valence-electron chi connectivity index (χ1n) is 1.80. The molecule has 0 saturated carbocycles. The lowest BCUT2D eigenvalue weighted by atomic mass is 10.5. The third-order valence-corrected chi connectivity index (χ3v) is 0.192. The molecule has 0 aromatic heterocycles. The van der Waals surface area contributed by atoms with Crippen LogP contribution in [-0.4, -0.2) is 17.7 Å². The van der Waals surface area contributed by atoms with Crippen molar-refractivity contribution in [1.29, 1.82) is 0 Å². The van der Waals surface area contributed by atoms with E-state index in [0.717, 1.165) is 0 Å². The molecular formula is C4H8BO3. The minimum absolute atomic E-state index is 0. The van der Waals surface area contributed by atoms with Gasteiger partial charge in [0.1, 0.15) is 0 Å². The van der Waals surface area contributed by atoms with Crippen LogP contribution in [0, 0.1) is 0 Å². The van der Waals surface area contributed by atoms with Crippen LogP contribution >= 0.6 is 0 Å². The highest BCUT2D eigenvalue weighted by atomic mass is 16.5. The summed E-state index contributed by atoms with van der Waals surface area (Å²) in [6.07, 6.45) is 2.62. The van der Waals surface area contributed by atoms with E-state index in [9.17, 15) is 0 Å². The van der Waals surface area contributed by atoms with Crippen molar-refractivity contribution in [2.75, 3.05) is 0 Å². The van der Waals surface area contributed by atoms with E-state index in [1.54, 1.807) is 0 Å². The molecular weight excluding hydrogens is 107 g/mol. The molecule has 0 saturated heterocycles. The summed E-state index contributed by atoms with van der Waals surface area (Å²) in [6, 6.07) is 0. The van der Waals surface area contributed by atoms with Crippen LogP contribution < -0.4 is 0 Å². The maximum Gasteiger partial charge on any atom is 0.482 e. The summed E-state index contributed by atoms with van der Waals surface area (Å²) in [4.78, 5) is 0. The monoisotopic (exact) mass is 115 g/mol. The molecule has 1 radical (unpaired) electrons. The topological polar surface area (TPSA) is 49.7 Å². The van der Waals surface area contributed by atoms with E-state index in [1.165, 1.54) is 12.5 Å². The summed E-state index contributed by atoms with van der Waals surface area (Å²) in [7, 11) is 0. The van der Waals surface area contributed by atoms with Crippen molar-refractivity contribution in [3.05, 3.63) is 25.7 Å². The zero-order chi connectivity index (χ0) is 6.83. The van der Waals surface area contributed by atoms with Crippen molar-refractivity contribution in [1.82, 2.24) is 0 Å². The summed E-state index contributed by atoms with van der Waals surface area (Å²) >= 11 is 0. The van der Waals surface area contributed by atoms with Gasteiger partial charge in [0.25, 0.3) is 0 Å². The molecule has 3 nitrogen and oxygen atoms in total. The van der Waals surface area contributed by atoms with Gasteiger partial charge >= 0.3 is 7.69 Å². The molecule has 0 aliphatic rings. The molecule has 0 aromatic rings. The van der Waals surface area contributed by atoms with Crippen LogP contribution in [0.3, 0.4) is 0 Å². The van der Waals surface area contributed by atoms with E-state index in [-0.39, 0.29) is 7.69 Å². The first kappa shape index (κ1) is 10.3. The Kier molecular flexibility index (Phi) is 20.9. The minimum atomic E-state index is 0. The van der Waals surface area contributed by atoms with Crippen molar-refractivity contribution in [3.63, 3.8) is 0 Å². The Hall–Kier alpha value is -0.735. The molecule has 8 heavy (non-hydrogen) atoms. The lowest BCUT2D eigenvalue weighted by molar-refractivity contribution is 0.406. The molecule has 0 rings (SSSR count). The molecule has 0 aliphatic heterocycles. The van der Waals surface area contributed by atoms with Gasteiger partial charge in [-0.05, 0) is 0 Å². The van der Waals surface area contributed by atoms with E-state index < -0.39 is 0 Å². The number of rotatable bonds is 2. The lowest BCUT2D eigenvalue weighted by Crippen LogP contribution is -1.75. The molecule has 2 N–H and O–H groups in total.